The minimum absolute atomic E-state index is 0.798. The highest BCUT2D eigenvalue weighted by Crippen LogP contribution is 2.28. The zero-order valence-corrected chi connectivity index (χ0v) is 13.5. The molecular formula is C17H13N3S2. The van der Waals surface area contributed by atoms with E-state index in [0.29, 0.717) is 0 Å². The molecule has 0 fully saturated rings. The normalized spacial score (nSPS) is 13.7. The Bertz CT molecular complexity index is 859. The van der Waals surface area contributed by atoms with E-state index in [1.807, 2.05) is 17.5 Å². The second kappa shape index (κ2) is 5.51. The lowest BCUT2D eigenvalue weighted by Crippen LogP contribution is -2.18. The van der Waals surface area contributed by atoms with Crippen molar-refractivity contribution >= 4 is 39.9 Å². The van der Waals surface area contributed by atoms with Crippen molar-refractivity contribution in [1.82, 2.24) is 5.43 Å². The minimum Gasteiger partial charge on any atom is -0.260 e. The van der Waals surface area contributed by atoms with Crippen LogP contribution in [0.25, 0.3) is 0 Å². The largest absolute Gasteiger partial charge is 0.260 e. The number of rotatable bonds is 2. The van der Waals surface area contributed by atoms with Crippen LogP contribution in [0.15, 0.2) is 63.3 Å². The third-order valence-electron chi connectivity index (χ3n) is 3.42. The van der Waals surface area contributed by atoms with E-state index in [1.165, 1.54) is 5.56 Å². The fourth-order valence-electron chi connectivity index (χ4n) is 2.38. The molecule has 0 spiro atoms. The van der Waals surface area contributed by atoms with E-state index in [9.17, 15) is 0 Å². The van der Waals surface area contributed by atoms with Gasteiger partial charge < -0.3 is 0 Å². The molecule has 2 aromatic heterocycles. The molecule has 0 amide bonds. The first-order chi connectivity index (χ1) is 10.8. The van der Waals surface area contributed by atoms with Crippen LogP contribution < -0.4 is 5.43 Å². The number of thiophene rings is 2. The Morgan fingerprint density at radius 1 is 0.955 bits per heavy atom. The fourth-order valence-corrected chi connectivity index (χ4v) is 3.77. The van der Waals surface area contributed by atoms with E-state index < -0.39 is 0 Å². The molecule has 1 aliphatic heterocycles. The first-order valence-electron chi connectivity index (χ1n) is 6.92. The minimum atomic E-state index is 0.798. The molecule has 108 valence electrons. The molecule has 22 heavy (non-hydrogen) atoms. The average Bonchev–Trinajstić information content (AvgIpc) is 3.19. The van der Waals surface area contributed by atoms with Crippen LogP contribution in [0.3, 0.4) is 0 Å². The smallest absolute Gasteiger partial charge is 0.164 e. The highest BCUT2D eigenvalue weighted by Gasteiger charge is 2.18. The molecule has 0 radical (unpaired) electrons. The van der Waals surface area contributed by atoms with Gasteiger partial charge in [-0.2, -0.15) is 5.10 Å². The zero-order valence-electron chi connectivity index (χ0n) is 11.9. The number of fused-ring (bicyclic) bond motifs is 1. The van der Waals surface area contributed by atoms with Gasteiger partial charge in [-0.05, 0) is 41.9 Å². The third-order valence-corrected chi connectivity index (χ3v) is 5.18. The Hall–Kier alpha value is -2.24. The molecule has 0 bridgehead atoms. The number of amidine groups is 1. The number of hydrazone groups is 1. The van der Waals surface area contributed by atoms with Crippen molar-refractivity contribution in [2.24, 2.45) is 10.1 Å². The average molecular weight is 323 g/mol. The summed E-state index contributed by atoms with van der Waals surface area (Å²) in [5.74, 6) is 0.798. The quantitative estimate of drug-likeness (QED) is 0.738. The summed E-state index contributed by atoms with van der Waals surface area (Å²) < 4.78 is 0. The van der Waals surface area contributed by atoms with Crippen molar-refractivity contribution in [3.05, 3.63) is 74.1 Å². The first-order valence-corrected chi connectivity index (χ1v) is 8.68. The Morgan fingerprint density at radius 2 is 1.73 bits per heavy atom. The van der Waals surface area contributed by atoms with E-state index in [1.54, 1.807) is 22.7 Å². The van der Waals surface area contributed by atoms with Gasteiger partial charge in [-0.1, -0.05) is 23.8 Å². The van der Waals surface area contributed by atoms with E-state index in [-0.39, 0.29) is 0 Å². The Kier molecular flexibility index (Phi) is 3.36. The molecule has 1 aromatic carbocycles. The predicted molar refractivity (Wildman–Crippen MR) is 94.8 cm³/mol. The Morgan fingerprint density at radius 3 is 2.45 bits per heavy atom. The molecule has 0 atom stereocenters. The standard InChI is InChI=1S/C17H13N3S2/c1-11-6-7-13-12(10-11)16(14-4-2-8-21-14)19-20-17(18-13)15-5-3-9-22-15/h2-10H,1H3,(H,18,20). The number of hydrogen-bond acceptors (Lipinski definition) is 5. The van der Waals surface area contributed by atoms with E-state index >= 15 is 0 Å². The molecule has 3 aromatic rings. The highest BCUT2D eigenvalue weighted by molar-refractivity contribution is 7.12. The molecule has 1 N–H and O–H groups in total. The number of aliphatic imine (C=N–C) groups is 1. The molecular weight excluding hydrogens is 310 g/mol. The molecule has 0 aliphatic carbocycles. The lowest BCUT2D eigenvalue weighted by atomic mass is 10.0. The van der Waals surface area contributed by atoms with Gasteiger partial charge in [0.2, 0.25) is 0 Å². The highest BCUT2D eigenvalue weighted by atomic mass is 32.1. The molecule has 3 nitrogen and oxygen atoms in total. The predicted octanol–water partition coefficient (Wildman–Crippen LogP) is 4.55. The van der Waals surface area contributed by atoms with Crippen molar-refractivity contribution in [2.75, 3.05) is 0 Å². The fraction of sp³-hybridized carbons (Fsp3) is 0.0588. The van der Waals surface area contributed by atoms with E-state index in [2.05, 4.69) is 53.2 Å². The number of nitrogens with one attached hydrogen (secondary N) is 1. The topological polar surface area (TPSA) is 36.8 Å². The maximum atomic E-state index is 4.79. The molecule has 0 saturated heterocycles. The second-order valence-corrected chi connectivity index (χ2v) is 6.90. The van der Waals surface area contributed by atoms with E-state index in [4.69, 9.17) is 4.99 Å². The van der Waals surface area contributed by atoms with Gasteiger partial charge in [-0.15, -0.1) is 22.7 Å². The van der Waals surface area contributed by atoms with Gasteiger partial charge in [-0.3, -0.25) is 5.43 Å². The summed E-state index contributed by atoms with van der Waals surface area (Å²) in [7, 11) is 0. The second-order valence-electron chi connectivity index (χ2n) is 5.01. The lowest BCUT2D eigenvalue weighted by molar-refractivity contribution is 1.03. The summed E-state index contributed by atoms with van der Waals surface area (Å²) in [5.41, 5.74) is 7.32. The summed E-state index contributed by atoms with van der Waals surface area (Å²) >= 11 is 3.34. The summed E-state index contributed by atoms with van der Waals surface area (Å²) in [6, 6.07) is 14.5. The number of benzene rings is 1. The Labute approximate surface area is 136 Å². The van der Waals surface area contributed by atoms with Crippen LogP contribution in [0.2, 0.25) is 0 Å². The van der Waals surface area contributed by atoms with Crippen molar-refractivity contribution in [3.8, 4) is 0 Å². The molecule has 1 aliphatic rings. The van der Waals surface area contributed by atoms with Gasteiger partial charge in [0.1, 0.15) is 5.71 Å². The van der Waals surface area contributed by atoms with Gasteiger partial charge >= 0.3 is 0 Å². The summed E-state index contributed by atoms with van der Waals surface area (Å²) in [4.78, 5) is 7.02. The Balaban J connectivity index is 1.90. The van der Waals surface area contributed by atoms with Crippen LogP contribution in [0.4, 0.5) is 5.69 Å². The maximum Gasteiger partial charge on any atom is 0.164 e. The molecule has 0 saturated carbocycles. The van der Waals surface area contributed by atoms with Gasteiger partial charge in [0.15, 0.2) is 5.84 Å². The molecule has 5 heteroatoms. The van der Waals surface area contributed by atoms with Crippen LogP contribution in [0.5, 0.6) is 0 Å². The van der Waals surface area contributed by atoms with Crippen LogP contribution in [-0.4, -0.2) is 11.5 Å². The summed E-state index contributed by atoms with van der Waals surface area (Å²) in [6.45, 7) is 2.09. The van der Waals surface area contributed by atoms with Gasteiger partial charge in [0.05, 0.1) is 15.4 Å². The third kappa shape index (κ3) is 2.38. The monoisotopic (exact) mass is 323 g/mol. The van der Waals surface area contributed by atoms with Crippen molar-refractivity contribution in [3.63, 3.8) is 0 Å². The van der Waals surface area contributed by atoms with Crippen LogP contribution in [0.1, 0.15) is 20.9 Å². The van der Waals surface area contributed by atoms with Gasteiger partial charge in [-0.25, -0.2) is 4.99 Å². The number of hydrogen-bond donors (Lipinski definition) is 1. The number of aryl methyl sites for hydroxylation is 1. The van der Waals surface area contributed by atoms with Crippen LogP contribution in [0, 0.1) is 6.92 Å². The summed E-state index contributed by atoms with van der Waals surface area (Å²) in [6.07, 6.45) is 0. The summed E-state index contributed by atoms with van der Waals surface area (Å²) in [5, 5.41) is 8.75. The lowest BCUT2D eigenvalue weighted by Gasteiger charge is -2.06. The van der Waals surface area contributed by atoms with Crippen molar-refractivity contribution < 1.29 is 0 Å². The molecule has 3 heterocycles. The van der Waals surface area contributed by atoms with Crippen LogP contribution in [-0.2, 0) is 0 Å². The van der Waals surface area contributed by atoms with Crippen molar-refractivity contribution in [1.29, 1.82) is 0 Å². The SMILES string of the molecule is Cc1ccc2c(c1)C(c1cccs1)=NNC(c1cccs1)=N2. The molecule has 4 rings (SSSR count). The van der Waals surface area contributed by atoms with Crippen molar-refractivity contribution in [2.45, 2.75) is 6.92 Å². The maximum absolute atomic E-state index is 4.79. The van der Waals surface area contributed by atoms with Gasteiger partial charge in [0, 0.05) is 5.56 Å². The first kappa shape index (κ1) is 13.4. The van der Waals surface area contributed by atoms with Crippen LogP contribution >= 0.6 is 22.7 Å². The van der Waals surface area contributed by atoms with Gasteiger partial charge in [0.25, 0.3) is 0 Å². The van der Waals surface area contributed by atoms with E-state index in [0.717, 1.165) is 32.6 Å². The zero-order chi connectivity index (χ0) is 14.9. The number of nitrogens with zero attached hydrogens (tertiary/aromatic N) is 2. The molecule has 0 unspecified atom stereocenters.